The Hall–Kier alpha value is -1.39. The Balaban J connectivity index is 1.70. The lowest BCUT2D eigenvalue weighted by Crippen LogP contribution is -2.28. The molecular weight excluding hydrogens is 247 g/mol. The summed E-state index contributed by atoms with van der Waals surface area (Å²) in [6.45, 7) is 2.87. The van der Waals surface area contributed by atoms with Gasteiger partial charge in [0.2, 0.25) is 0 Å². The monoisotopic (exact) mass is 262 g/mol. The van der Waals surface area contributed by atoms with Crippen LogP contribution < -0.4 is 5.73 Å². The highest BCUT2D eigenvalue weighted by molar-refractivity contribution is 7.16. The highest BCUT2D eigenvalue weighted by Crippen LogP contribution is 2.30. The first-order valence-corrected chi connectivity index (χ1v) is 6.86. The van der Waals surface area contributed by atoms with Crippen molar-refractivity contribution < 1.29 is 4.39 Å². The first-order chi connectivity index (χ1) is 8.70. The van der Waals surface area contributed by atoms with Crippen LogP contribution in [0.5, 0.6) is 0 Å². The number of nitrogen functional groups attached to an aromatic ring is 1. The third-order valence-corrected chi connectivity index (χ3v) is 4.29. The van der Waals surface area contributed by atoms with Crippen molar-refractivity contribution in [2.45, 2.75) is 19.5 Å². The van der Waals surface area contributed by atoms with Crippen molar-refractivity contribution in [2.75, 3.05) is 12.3 Å². The smallest absolute Gasteiger partial charge is 0.123 e. The van der Waals surface area contributed by atoms with Crippen molar-refractivity contribution in [3.63, 3.8) is 0 Å². The molecule has 1 aliphatic rings. The van der Waals surface area contributed by atoms with Crippen LogP contribution in [0, 0.1) is 5.82 Å². The van der Waals surface area contributed by atoms with Crippen molar-refractivity contribution in [3.05, 3.63) is 52.2 Å². The van der Waals surface area contributed by atoms with Crippen LogP contribution in [0.1, 0.15) is 16.0 Å². The second kappa shape index (κ2) is 4.71. The molecule has 3 rings (SSSR count). The van der Waals surface area contributed by atoms with E-state index in [4.69, 9.17) is 5.73 Å². The Bertz CT molecular complexity index is 547. The highest BCUT2D eigenvalue weighted by Gasteiger charge is 2.18. The van der Waals surface area contributed by atoms with Crippen LogP contribution in [0.25, 0.3) is 0 Å². The molecule has 0 atom stereocenters. The normalized spacial score (nSPS) is 15.6. The third kappa shape index (κ3) is 2.40. The molecule has 2 N–H and O–H groups in total. The molecule has 0 fully saturated rings. The third-order valence-electron chi connectivity index (χ3n) is 3.30. The number of anilines is 1. The van der Waals surface area contributed by atoms with E-state index in [2.05, 4.69) is 11.0 Å². The van der Waals surface area contributed by atoms with Crippen LogP contribution >= 0.6 is 11.3 Å². The largest absolute Gasteiger partial charge is 0.391 e. The summed E-state index contributed by atoms with van der Waals surface area (Å²) in [7, 11) is 0. The van der Waals surface area contributed by atoms with Crippen molar-refractivity contribution in [2.24, 2.45) is 0 Å². The van der Waals surface area contributed by atoms with E-state index in [0.29, 0.717) is 0 Å². The molecular formula is C14H15FN2S. The van der Waals surface area contributed by atoms with Gasteiger partial charge >= 0.3 is 0 Å². The van der Waals surface area contributed by atoms with Gasteiger partial charge in [0.05, 0.1) is 5.00 Å². The number of fused-ring (bicyclic) bond motifs is 1. The number of benzene rings is 1. The minimum atomic E-state index is -0.175. The van der Waals surface area contributed by atoms with Crippen molar-refractivity contribution >= 4 is 16.3 Å². The maximum absolute atomic E-state index is 12.8. The number of nitrogens with zero attached hydrogens (tertiary/aromatic N) is 1. The van der Waals surface area contributed by atoms with Gasteiger partial charge < -0.3 is 5.73 Å². The zero-order valence-electron chi connectivity index (χ0n) is 10.0. The average molecular weight is 262 g/mol. The Morgan fingerprint density at radius 3 is 2.83 bits per heavy atom. The minimum absolute atomic E-state index is 0.175. The maximum atomic E-state index is 12.8. The van der Waals surface area contributed by atoms with Gasteiger partial charge in [-0.1, -0.05) is 12.1 Å². The molecule has 0 spiro atoms. The SMILES string of the molecule is Nc1cc2c(s1)CN(Cc1ccc(F)cc1)CC2. The standard InChI is InChI=1S/C14H15FN2S/c15-12-3-1-10(2-4-12)8-17-6-5-11-7-14(16)18-13(11)9-17/h1-4,7H,5-6,8-9,16H2. The van der Waals surface area contributed by atoms with E-state index in [0.717, 1.165) is 36.6 Å². The predicted octanol–water partition coefficient (Wildman–Crippen LogP) is 3.03. The molecule has 2 heterocycles. The zero-order valence-corrected chi connectivity index (χ0v) is 10.8. The fraction of sp³-hybridized carbons (Fsp3) is 0.286. The molecule has 0 radical (unpaired) electrons. The van der Waals surface area contributed by atoms with Crippen molar-refractivity contribution in [1.29, 1.82) is 0 Å². The zero-order chi connectivity index (χ0) is 12.5. The second-order valence-electron chi connectivity index (χ2n) is 4.68. The van der Waals surface area contributed by atoms with Crippen LogP contribution in [0.15, 0.2) is 30.3 Å². The number of hydrogen-bond acceptors (Lipinski definition) is 3. The first kappa shape index (κ1) is 11.7. The molecule has 94 valence electrons. The van der Waals surface area contributed by atoms with E-state index >= 15 is 0 Å². The summed E-state index contributed by atoms with van der Waals surface area (Å²) < 4.78 is 12.8. The van der Waals surface area contributed by atoms with E-state index in [1.54, 1.807) is 11.3 Å². The average Bonchev–Trinajstić information content (AvgIpc) is 2.71. The summed E-state index contributed by atoms with van der Waals surface area (Å²) in [5.41, 5.74) is 8.38. The molecule has 2 nitrogen and oxygen atoms in total. The van der Waals surface area contributed by atoms with Crippen LogP contribution in [0.2, 0.25) is 0 Å². The van der Waals surface area contributed by atoms with Gasteiger partial charge in [-0.25, -0.2) is 4.39 Å². The predicted molar refractivity (Wildman–Crippen MR) is 72.9 cm³/mol. The molecule has 0 saturated carbocycles. The Kier molecular flexibility index (Phi) is 3.06. The minimum Gasteiger partial charge on any atom is -0.391 e. The molecule has 4 heteroatoms. The quantitative estimate of drug-likeness (QED) is 0.901. The van der Waals surface area contributed by atoms with Gasteiger partial charge in [-0.15, -0.1) is 11.3 Å². The lowest BCUT2D eigenvalue weighted by atomic mass is 10.1. The fourth-order valence-corrected chi connectivity index (χ4v) is 3.40. The molecule has 18 heavy (non-hydrogen) atoms. The van der Waals surface area contributed by atoms with Crippen LogP contribution in [-0.2, 0) is 19.5 Å². The summed E-state index contributed by atoms with van der Waals surface area (Å²) >= 11 is 1.68. The Morgan fingerprint density at radius 2 is 2.06 bits per heavy atom. The summed E-state index contributed by atoms with van der Waals surface area (Å²) in [5.74, 6) is -0.175. The number of thiophene rings is 1. The summed E-state index contributed by atoms with van der Waals surface area (Å²) in [6, 6.07) is 8.85. The lowest BCUT2D eigenvalue weighted by molar-refractivity contribution is 0.249. The summed E-state index contributed by atoms with van der Waals surface area (Å²) in [5, 5.41) is 0.906. The van der Waals surface area contributed by atoms with Gasteiger partial charge in [0, 0.05) is 24.5 Å². The first-order valence-electron chi connectivity index (χ1n) is 6.04. The summed E-state index contributed by atoms with van der Waals surface area (Å²) in [4.78, 5) is 3.76. The van der Waals surface area contributed by atoms with Crippen molar-refractivity contribution in [1.82, 2.24) is 4.90 Å². The van der Waals surface area contributed by atoms with E-state index in [-0.39, 0.29) is 5.82 Å². The van der Waals surface area contributed by atoms with E-state index < -0.39 is 0 Å². The molecule has 1 aliphatic heterocycles. The Morgan fingerprint density at radius 1 is 1.28 bits per heavy atom. The Labute approximate surface area is 110 Å². The van der Waals surface area contributed by atoms with Gasteiger partial charge in [0.15, 0.2) is 0 Å². The van der Waals surface area contributed by atoms with Gasteiger partial charge in [-0.3, -0.25) is 4.90 Å². The van der Waals surface area contributed by atoms with Crippen LogP contribution in [-0.4, -0.2) is 11.4 Å². The molecule has 0 aliphatic carbocycles. The maximum Gasteiger partial charge on any atom is 0.123 e. The van der Waals surface area contributed by atoms with Crippen molar-refractivity contribution in [3.8, 4) is 0 Å². The number of rotatable bonds is 2. The van der Waals surface area contributed by atoms with Gasteiger partial charge in [-0.2, -0.15) is 0 Å². The molecule has 0 saturated heterocycles. The molecule has 1 aromatic heterocycles. The summed E-state index contributed by atoms with van der Waals surface area (Å²) in [6.07, 6.45) is 1.06. The molecule has 1 aromatic carbocycles. The lowest BCUT2D eigenvalue weighted by Gasteiger charge is -2.26. The second-order valence-corrected chi connectivity index (χ2v) is 5.85. The van der Waals surface area contributed by atoms with E-state index in [9.17, 15) is 4.39 Å². The molecule has 2 aromatic rings. The fourth-order valence-electron chi connectivity index (χ4n) is 2.38. The number of hydrogen-bond donors (Lipinski definition) is 1. The van der Waals surface area contributed by atoms with E-state index in [1.807, 2.05) is 12.1 Å². The number of halogens is 1. The van der Waals surface area contributed by atoms with Gasteiger partial charge in [0.25, 0.3) is 0 Å². The van der Waals surface area contributed by atoms with Crippen LogP contribution in [0.4, 0.5) is 9.39 Å². The molecule has 0 bridgehead atoms. The molecule has 0 amide bonds. The topological polar surface area (TPSA) is 29.3 Å². The van der Waals surface area contributed by atoms with Gasteiger partial charge in [0.1, 0.15) is 5.82 Å². The van der Waals surface area contributed by atoms with Crippen LogP contribution in [0.3, 0.4) is 0 Å². The van der Waals surface area contributed by atoms with Gasteiger partial charge in [-0.05, 0) is 35.7 Å². The molecule has 0 unspecified atom stereocenters. The highest BCUT2D eigenvalue weighted by atomic mass is 32.1. The number of nitrogens with two attached hydrogens (primary N) is 1. The van der Waals surface area contributed by atoms with E-state index in [1.165, 1.54) is 22.6 Å².